The normalized spacial score (nSPS) is 14.7. The van der Waals surface area contributed by atoms with Gasteiger partial charge in [-0.3, -0.25) is 19.3 Å². The third kappa shape index (κ3) is 6.28. The van der Waals surface area contributed by atoms with Crippen LogP contribution < -0.4 is 14.8 Å². The Bertz CT molecular complexity index is 1090. The number of rotatable bonds is 9. The molecule has 0 bridgehead atoms. The standard InChI is InChI=1S/C23H23ClN2O6S/c1-14-4-6-16(7-5-14)25-20(27)13-32-21-17(24)10-15(11-18(21)31-3)12-19-22(28)26(8-9-30-2)23(29)33-19/h4-7,10-12H,8-9,13H2,1-3H3,(H,25,27)/b19-12+. The summed E-state index contributed by atoms with van der Waals surface area (Å²) in [6, 6.07) is 10.6. The van der Waals surface area contributed by atoms with Crippen LogP contribution >= 0.6 is 23.4 Å². The van der Waals surface area contributed by atoms with Gasteiger partial charge >= 0.3 is 0 Å². The van der Waals surface area contributed by atoms with E-state index in [1.165, 1.54) is 14.2 Å². The first kappa shape index (κ1) is 24.6. The van der Waals surface area contributed by atoms with E-state index in [0.29, 0.717) is 11.3 Å². The summed E-state index contributed by atoms with van der Waals surface area (Å²) in [5.41, 5.74) is 2.29. The number of carbonyl (C=O) groups is 3. The predicted octanol–water partition coefficient (Wildman–Crippen LogP) is 4.36. The lowest BCUT2D eigenvalue weighted by molar-refractivity contribution is -0.123. The van der Waals surface area contributed by atoms with Crippen LogP contribution in [0.4, 0.5) is 10.5 Å². The van der Waals surface area contributed by atoms with Crippen molar-refractivity contribution in [3.05, 3.63) is 57.5 Å². The van der Waals surface area contributed by atoms with Crippen LogP contribution in [0.5, 0.6) is 11.5 Å². The highest BCUT2D eigenvalue weighted by Gasteiger charge is 2.34. The van der Waals surface area contributed by atoms with E-state index in [0.717, 1.165) is 22.2 Å². The molecule has 8 nitrogen and oxygen atoms in total. The maximum Gasteiger partial charge on any atom is 0.293 e. The molecule has 0 radical (unpaired) electrons. The zero-order valence-corrected chi connectivity index (χ0v) is 19.9. The van der Waals surface area contributed by atoms with E-state index in [1.807, 2.05) is 19.1 Å². The molecule has 0 aromatic heterocycles. The fraction of sp³-hybridized carbons (Fsp3) is 0.261. The third-order valence-electron chi connectivity index (χ3n) is 4.63. The second-order valence-corrected chi connectivity index (χ2v) is 8.46. The molecule has 10 heteroatoms. The molecule has 1 aliphatic rings. The molecule has 174 valence electrons. The minimum absolute atomic E-state index is 0.181. The van der Waals surface area contributed by atoms with Gasteiger partial charge in [0.15, 0.2) is 18.1 Å². The fourth-order valence-electron chi connectivity index (χ4n) is 2.96. The van der Waals surface area contributed by atoms with Crippen molar-refractivity contribution in [2.75, 3.05) is 39.3 Å². The number of hydrogen-bond acceptors (Lipinski definition) is 7. The number of hydrogen-bond donors (Lipinski definition) is 1. The molecule has 2 aromatic rings. The molecule has 0 saturated carbocycles. The SMILES string of the molecule is COCCN1C(=O)S/C(=C/c2cc(Cl)c(OCC(=O)Nc3ccc(C)cc3)c(OC)c2)C1=O. The van der Waals surface area contributed by atoms with Crippen LogP contribution in [0.25, 0.3) is 6.08 Å². The van der Waals surface area contributed by atoms with Crippen LogP contribution in [-0.2, 0) is 14.3 Å². The Morgan fingerprint density at radius 1 is 1.18 bits per heavy atom. The van der Waals surface area contributed by atoms with Crippen molar-refractivity contribution in [1.29, 1.82) is 0 Å². The number of amides is 3. The van der Waals surface area contributed by atoms with Gasteiger partial charge in [-0.25, -0.2) is 0 Å². The van der Waals surface area contributed by atoms with E-state index in [9.17, 15) is 14.4 Å². The van der Waals surface area contributed by atoms with Crippen molar-refractivity contribution >= 4 is 52.2 Å². The highest BCUT2D eigenvalue weighted by atomic mass is 35.5. The Morgan fingerprint density at radius 2 is 1.91 bits per heavy atom. The molecule has 33 heavy (non-hydrogen) atoms. The van der Waals surface area contributed by atoms with Gasteiger partial charge in [0.1, 0.15) is 0 Å². The van der Waals surface area contributed by atoms with Crippen LogP contribution in [0, 0.1) is 6.92 Å². The number of nitrogens with one attached hydrogen (secondary N) is 1. The minimum Gasteiger partial charge on any atom is -0.493 e. The first-order chi connectivity index (χ1) is 15.8. The quantitative estimate of drug-likeness (QED) is 0.522. The highest BCUT2D eigenvalue weighted by Crippen LogP contribution is 2.39. The Hall–Kier alpha value is -3.01. The Kier molecular flexibility index (Phi) is 8.37. The lowest BCUT2D eigenvalue weighted by atomic mass is 10.1. The average Bonchev–Trinajstić information content (AvgIpc) is 3.05. The van der Waals surface area contributed by atoms with E-state index in [4.69, 9.17) is 25.8 Å². The molecule has 0 aliphatic carbocycles. The smallest absolute Gasteiger partial charge is 0.293 e. The first-order valence-corrected chi connectivity index (χ1v) is 11.1. The highest BCUT2D eigenvalue weighted by molar-refractivity contribution is 8.18. The number of benzene rings is 2. The lowest BCUT2D eigenvalue weighted by Gasteiger charge is -2.14. The van der Waals surface area contributed by atoms with Gasteiger partial charge in [-0.2, -0.15) is 0 Å². The number of nitrogens with zero attached hydrogens (tertiary/aromatic N) is 1. The molecule has 3 amide bonds. The molecule has 1 saturated heterocycles. The summed E-state index contributed by atoms with van der Waals surface area (Å²) in [6.45, 7) is 2.12. The second-order valence-electron chi connectivity index (χ2n) is 7.06. The lowest BCUT2D eigenvalue weighted by Crippen LogP contribution is -2.31. The van der Waals surface area contributed by atoms with Gasteiger partial charge in [-0.15, -0.1) is 0 Å². The topological polar surface area (TPSA) is 94.2 Å². The molecule has 1 fully saturated rings. The van der Waals surface area contributed by atoms with Crippen LogP contribution in [0.2, 0.25) is 5.02 Å². The monoisotopic (exact) mass is 490 g/mol. The van der Waals surface area contributed by atoms with Crippen molar-refractivity contribution in [1.82, 2.24) is 4.90 Å². The summed E-state index contributed by atoms with van der Waals surface area (Å²) >= 11 is 7.21. The van der Waals surface area contributed by atoms with Gasteiger partial charge in [-0.1, -0.05) is 29.3 Å². The van der Waals surface area contributed by atoms with Crippen LogP contribution in [0.3, 0.4) is 0 Å². The van der Waals surface area contributed by atoms with Crippen molar-refractivity contribution in [2.45, 2.75) is 6.92 Å². The molecule has 2 aromatic carbocycles. The molecule has 3 rings (SSSR count). The number of anilines is 1. The summed E-state index contributed by atoms with van der Waals surface area (Å²) in [5, 5.41) is 2.58. The van der Waals surface area contributed by atoms with Crippen molar-refractivity contribution in [3.63, 3.8) is 0 Å². The number of halogens is 1. The summed E-state index contributed by atoms with van der Waals surface area (Å²) < 4.78 is 15.9. The predicted molar refractivity (Wildman–Crippen MR) is 128 cm³/mol. The molecular formula is C23H23ClN2O6S. The van der Waals surface area contributed by atoms with E-state index in [2.05, 4.69) is 5.32 Å². The van der Waals surface area contributed by atoms with E-state index < -0.39 is 5.91 Å². The molecular weight excluding hydrogens is 468 g/mol. The van der Waals surface area contributed by atoms with Crippen molar-refractivity contribution in [3.8, 4) is 11.5 Å². The average molecular weight is 491 g/mol. The van der Waals surface area contributed by atoms with E-state index >= 15 is 0 Å². The number of imide groups is 1. The van der Waals surface area contributed by atoms with Gasteiger partial charge in [-0.05, 0) is 54.6 Å². The van der Waals surface area contributed by atoms with E-state index in [1.54, 1.807) is 30.3 Å². The van der Waals surface area contributed by atoms with Crippen LogP contribution in [0.1, 0.15) is 11.1 Å². The molecule has 0 unspecified atom stereocenters. The number of thioether (sulfide) groups is 1. The fourth-order valence-corrected chi connectivity index (χ4v) is 4.10. The Balaban J connectivity index is 1.71. The summed E-state index contributed by atoms with van der Waals surface area (Å²) in [7, 11) is 2.94. The molecule has 1 heterocycles. The molecule has 0 atom stereocenters. The maximum absolute atomic E-state index is 12.5. The number of carbonyl (C=O) groups excluding carboxylic acids is 3. The molecule has 0 spiro atoms. The molecule has 1 aliphatic heterocycles. The number of aryl methyl sites for hydroxylation is 1. The summed E-state index contributed by atoms with van der Waals surface area (Å²) in [6.07, 6.45) is 1.56. The van der Waals surface area contributed by atoms with Crippen LogP contribution in [-0.4, -0.2) is 55.9 Å². The maximum atomic E-state index is 12.5. The van der Waals surface area contributed by atoms with Crippen molar-refractivity contribution < 1.29 is 28.6 Å². The zero-order chi connectivity index (χ0) is 24.0. The summed E-state index contributed by atoms with van der Waals surface area (Å²) in [4.78, 5) is 38.2. The minimum atomic E-state index is -0.398. The first-order valence-electron chi connectivity index (χ1n) is 9.93. The third-order valence-corrected chi connectivity index (χ3v) is 5.81. The van der Waals surface area contributed by atoms with Gasteiger partial charge in [0, 0.05) is 12.8 Å². The van der Waals surface area contributed by atoms with E-state index in [-0.39, 0.29) is 52.3 Å². The second kappa shape index (κ2) is 11.2. The zero-order valence-electron chi connectivity index (χ0n) is 18.3. The van der Waals surface area contributed by atoms with Gasteiger partial charge < -0.3 is 19.5 Å². The number of methoxy groups -OCH3 is 2. The Labute approximate surface area is 200 Å². The van der Waals surface area contributed by atoms with Crippen molar-refractivity contribution in [2.24, 2.45) is 0 Å². The molecule has 1 N–H and O–H groups in total. The summed E-state index contributed by atoms with van der Waals surface area (Å²) in [5.74, 6) is -0.268. The van der Waals surface area contributed by atoms with Gasteiger partial charge in [0.25, 0.3) is 17.1 Å². The largest absolute Gasteiger partial charge is 0.493 e. The van der Waals surface area contributed by atoms with Gasteiger partial charge in [0.2, 0.25) is 0 Å². The Morgan fingerprint density at radius 3 is 2.58 bits per heavy atom. The number of ether oxygens (including phenoxy) is 3. The van der Waals surface area contributed by atoms with Crippen LogP contribution in [0.15, 0.2) is 41.3 Å². The van der Waals surface area contributed by atoms with Gasteiger partial charge in [0.05, 0.1) is 30.2 Å².